The highest BCUT2D eigenvalue weighted by Gasteiger charge is 2.33. The Morgan fingerprint density at radius 2 is 2.00 bits per heavy atom. The van der Waals surface area contributed by atoms with E-state index in [9.17, 15) is 13.7 Å². The van der Waals surface area contributed by atoms with Crippen molar-refractivity contribution in [2.75, 3.05) is 24.8 Å². The van der Waals surface area contributed by atoms with E-state index in [0.29, 0.717) is 30.8 Å². The average molecular weight is 469 g/mol. The molecule has 7 nitrogen and oxygen atoms in total. The van der Waals surface area contributed by atoms with Gasteiger partial charge in [0.15, 0.2) is 0 Å². The zero-order valence-corrected chi connectivity index (χ0v) is 19.6. The highest BCUT2D eigenvalue weighted by atomic mass is 32.2. The number of hydrogen-bond acceptors (Lipinski definition) is 7. The van der Waals surface area contributed by atoms with Crippen molar-refractivity contribution in [2.45, 2.75) is 25.6 Å². The van der Waals surface area contributed by atoms with Crippen LogP contribution in [0.2, 0.25) is 0 Å². The number of aromatic nitrogens is 1. The third-order valence-electron chi connectivity index (χ3n) is 5.48. The maximum absolute atomic E-state index is 12.6. The van der Waals surface area contributed by atoms with Gasteiger partial charge in [-0.15, -0.1) is 0 Å². The van der Waals surface area contributed by atoms with Gasteiger partial charge in [0.2, 0.25) is 10.0 Å². The molecule has 1 unspecified atom stereocenters. The quantitative estimate of drug-likeness (QED) is 0.528. The number of sulfonamides is 1. The molecule has 0 bridgehead atoms. The lowest BCUT2D eigenvalue weighted by Gasteiger charge is -2.35. The molecule has 0 radical (unpaired) electrons. The van der Waals surface area contributed by atoms with Gasteiger partial charge < -0.3 is 9.64 Å². The highest BCUT2D eigenvalue weighted by molar-refractivity contribution is 7.88. The SMILES string of the molecule is CN(Cc1ccncc1)c1cc(C#N)cc2c1OCC(N(Cc1ccsc1)S(C)(=O)=O)C2. The van der Waals surface area contributed by atoms with E-state index in [1.807, 2.05) is 47.0 Å². The Labute approximate surface area is 192 Å². The molecule has 3 heterocycles. The molecule has 0 spiro atoms. The fourth-order valence-electron chi connectivity index (χ4n) is 3.94. The van der Waals surface area contributed by atoms with Gasteiger partial charge in [0.1, 0.15) is 12.4 Å². The third-order valence-corrected chi connectivity index (χ3v) is 7.49. The number of pyridine rings is 1. The molecule has 0 aliphatic carbocycles. The molecule has 1 atom stereocenters. The Balaban J connectivity index is 1.64. The fourth-order valence-corrected chi connectivity index (χ4v) is 5.66. The van der Waals surface area contributed by atoms with Crippen LogP contribution < -0.4 is 9.64 Å². The molecule has 0 fully saturated rings. The highest BCUT2D eigenvalue weighted by Crippen LogP contribution is 2.38. The van der Waals surface area contributed by atoms with E-state index in [2.05, 4.69) is 11.1 Å². The number of ether oxygens (including phenoxy) is 1. The third kappa shape index (κ3) is 4.93. The average Bonchev–Trinajstić information content (AvgIpc) is 3.29. The van der Waals surface area contributed by atoms with Crippen molar-refractivity contribution in [3.63, 3.8) is 0 Å². The van der Waals surface area contributed by atoms with Crippen molar-refractivity contribution in [1.29, 1.82) is 5.26 Å². The van der Waals surface area contributed by atoms with Crippen LogP contribution in [0, 0.1) is 11.3 Å². The predicted molar refractivity (Wildman–Crippen MR) is 125 cm³/mol. The Hall–Kier alpha value is -2.93. The van der Waals surface area contributed by atoms with E-state index in [-0.39, 0.29) is 12.6 Å². The smallest absolute Gasteiger partial charge is 0.211 e. The molecule has 32 heavy (non-hydrogen) atoms. The van der Waals surface area contributed by atoms with Crippen molar-refractivity contribution in [3.05, 3.63) is 75.7 Å². The molecule has 0 amide bonds. The number of hydrogen-bond donors (Lipinski definition) is 0. The maximum atomic E-state index is 12.6. The second-order valence-corrected chi connectivity index (χ2v) is 10.6. The Morgan fingerprint density at radius 3 is 2.66 bits per heavy atom. The number of benzene rings is 1. The van der Waals surface area contributed by atoms with Crippen molar-refractivity contribution in [2.24, 2.45) is 0 Å². The number of nitriles is 1. The first-order valence-corrected chi connectivity index (χ1v) is 12.9. The summed E-state index contributed by atoms with van der Waals surface area (Å²) in [6.45, 7) is 1.19. The Morgan fingerprint density at radius 1 is 1.22 bits per heavy atom. The molecule has 0 saturated carbocycles. The van der Waals surface area contributed by atoms with Gasteiger partial charge in [0.25, 0.3) is 0 Å². The van der Waals surface area contributed by atoms with Gasteiger partial charge in [-0.2, -0.15) is 20.9 Å². The summed E-state index contributed by atoms with van der Waals surface area (Å²) in [5.41, 5.74) is 4.23. The molecule has 3 aromatic rings. The number of nitrogens with zero attached hydrogens (tertiary/aromatic N) is 4. The van der Waals surface area contributed by atoms with Crippen molar-refractivity contribution in [1.82, 2.24) is 9.29 Å². The van der Waals surface area contributed by atoms with E-state index in [1.165, 1.54) is 21.9 Å². The van der Waals surface area contributed by atoms with Crippen LogP contribution in [-0.2, 0) is 29.5 Å². The van der Waals surface area contributed by atoms with Gasteiger partial charge in [-0.05, 0) is 64.2 Å². The van der Waals surface area contributed by atoms with Crippen LogP contribution in [0.15, 0.2) is 53.5 Å². The minimum Gasteiger partial charge on any atom is -0.489 e. The van der Waals surface area contributed by atoms with E-state index in [0.717, 1.165) is 22.4 Å². The van der Waals surface area contributed by atoms with Gasteiger partial charge in [-0.3, -0.25) is 4.98 Å². The summed E-state index contributed by atoms with van der Waals surface area (Å²) in [5, 5.41) is 13.5. The van der Waals surface area contributed by atoms with Crippen molar-refractivity contribution in [3.8, 4) is 11.8 Å². The van der Waals surface area contributed by atoms with Crippen LogP contribution in [0.3, 0.4) is 0 Å². The van der Waals surface area contributed by atoms with Gasteiger partial charge in [0.05, 0.1) is 29.6 Å². The van der Waals surface area contributed by atoms with E-state index in [4.69, 9.17) is 4.74 Å². The van der Waals surface area contributed by atoms with Gasteiger partial charge in [0, 0.05) is 32.5 Å². The first-order chi connectivity index (χ1) is 15.3. The van der Waals surface area contributed by atoms with Gasteiger partial charge >= 0.3 is 0 Å². The first kappa shape index (κ1) is 22.3. The van der Waals surface area contributed by atoms with E-state index >= 15 is 0 Å². The maximum Gasteiger partial charge on any atom is 0.211 e. The Bertz CT molecular complexity index is 1220. The number of anilines is 1. The summed E-state index contributed by atoms with van der Waals surface area (Å²) in [5.74, 6) is 0.709. The van der Waals surface area contributed by atoms with E-state index in [1.54, 1.807) is 18.5 Å². The molecule has 2 aromatic heterocycles. The molecule has 1 aromatic carbocycles. The fraction of sp³-hybridized carbons (Fsp3) is 0.304. The molecule has 1 aliphatic heterocycles. The van der Waals surface area contributed by atoms with Crippen LogP contribution in [-0.4, -0.2) is 43.7 Å². The minimum absolute atomic E-state index is 0.256. The summed E-state index contributed by atoms with van der Waals surface area (Å²) in [7, 11) is -1.50. The zero-order chi connectivity index (χ0) is 22.7. The standard InChI is InChI=1S/C23H24N4O3S2/c1-26(13-17-3-6-25-7-4-17)22-10-19(12-24)9-20-11-21(15-30-23(20)22)27(32(2,28)29)14-18-5-8-31-16-18/h3-10,16,21H,11,13-15H2,1-2H3. The minimum atomic E-state index is -3.45. The zero-order valence-electron chi connectivity index (χ0n) is 17.9. The van der Waals surface area contributed by atoms with Gasteiger partial charge in [-0.1, -0.05) is 0 Å². The monoisotopic (exact) mass is 468 g/mol. The second-order valence-electron chi connectivity index (χ2n) is 7.92. The van der Waals surface area contributed by atoms with Crippen LogP contribution >= 0.6 is 11.3 Å². The molecular formula is C23H24N4O3S2. The van der Waals surface area contributed by atoms with Crippen molar-refractivity contribution >= 4 is 27.0 Å². The van der Waals surface area contributed by atoms with Gasteiger partial charge in [-0.25, -0.2) is 8.42 Å². The second kappa shape index (κ2) is 9.28. The molecule has 0 N–H and O–H groups in total. The van der Waals surface area contributed by atoms with E-state index < -0.39 is 10.0 Å². The first-order valence-electron chi connectivity index (χ1n) is 10.1. The molecule has 1 aliphatic rings. The summed E-state index contributed by atoms with van der Waals surface area (Å²) in [6, 6.07) is 11.3. The molecule has 9 heteroatoms. The Kier molecular flexibility index (Phi) is 6.46. The largest absolute Gasteiger partial charge is 0.489 e. The summed E-state index contributed by atoms with van der Waals surface area (Å²) < 4.78 is 32.8. The number of fused-ring (bicyclic) bond motifs is 1. The van der Waals surface area contributed by atoms with Crippen LogP contribution in [0.5, 0.6) is 5.75 Å². The molecule has 4 rings (SSSR count). The lowest BCUT2D eigenvalue weighted by Crippen LogP contribution is -2.45. The molecule has 0 saturated heterocycles. The summed E-state index contributed by atoms with van der Waals surface area (Å²) in [4.78, 5) is 6.09. The summed E-state index contributed by atoms with van der Waals surface area (Å²) >= 11 is 1.54. The van der Waals surface area contributed by atoms with Crippen LogP contribution in [0.25, 0.3) is 0 Å². The van der Waals surface area contributed by atoms with Crippen LogP contribution in [0.1, 0.15) is 22.3 Å². The lowest BCUT2D eigenvalue weighted by atomic mass is 9.98. The predicted octanol–water partition coefficient (Wildman–Crippen LogP) is 3.42. The molecular weight excluding hydrogens is 444 g/mol. The topological polar surface area (TPSA) is 86.5 Å². The summed E-state index contributed by atoms with van der Waals surface area (Å²) in [6.07, 6.45) is 5.21. The molecule has 166 valence electrons. The van der Waals surface area contributed by atoms with Crippen molar-refractivity contribution < 1.29 is 13.2 Å². The number of rotatable bonds is 7. The normalized spacial score (nSPS) is 15.6. The van der Waals surface area contributed by atoms with Crippen LogP contribution in [0.4, 0.5) is 5.69 Å². The number of thiophene rings is 1. The lowest BCUT2D eigenvalue weighted by molar-refractivity contribution is 0.179.